The van der Waals surface area contributed by atoms with Crippen molar-refractivity contribution < 1.29 is 4.79 Å². The first-order chi connectivity index (χ1) is 16.2. The minimum Gasteiger partial charge on any atom is -0.345 e. The first kappa shape index (κ1) is 23.0. The van der Waals surface area contributed by atoms with Crippen molar-refractivity contribution in [2.24, 2.45) is 0 Å². The third-order valence-electron chi connectivity index (χ3n) is 5.68. The van der Waals surface area contributed by atoms with Crippen molar-refractivity contribution in [1.82, 2.24) is 15.0 Å². The molecule has 2 N–H and O–H groups in total. The minimum atomic E-state index is -0.0696. The average molecular weight is 456 g/mol. The van der Waals surface area contributed by atoms with Crippen molar-refractivity contribution in [2.75, 3.05) is 5.75 Å². The number of nitrogens with one attached hydrogen (secondary N) is 2. The lowest BCUT2D eigenvalue weighted by Gasteiger charge is -2.21. The molecular weight excluding hydrogens is 426 g/mol. The molecule has 0 saturated heterocycles. The van der Waals surface area contributed by atoms with Gasteiger partial charge in [-0.3, -0.25) is 9.52 Å². The van der Waals surface area contributed by atoms with E-state index in [0.29, 0.717) is 12.1 Å². The molecule has 0 aliphatic heterocycles. The van der Waals surface area contributed by atoms with Gasteiger partial charge in [0, 0.05) is 28.8 Å². The van der Waals surface area contributed by atoms with Gasteiger partial charge < -0.3 is 5.32 Å². The molecule has 33 heavy (non-hydrogen) atoms. The lowest BCUT2D eigenvalue weighted by molar-refractivity contribution is 0.0936. The molecule has 4 nitrogen and oxygen atoms in total. The average Bonchev–Trinajstić information content (AvgIpc) is 2.87. The molecule has 0 spiro atoms. The topological polar surface area (TPSA) is 54.0 Å². The van der Waals surface area contributed by atoms with Crippen LogP contribution < -0.4 is 10.0 Å². The largest absolute Gasteiger partial charge is 0.345 e. The number of pyridine rings is 1. The van der Waals surface area contributed by atoms with Gasteiger partial charge in [-0.15, -0.1) is 0 Å². The van der Waals surface area contributed by atoms with E-state index in [9.17, 15) is 4.79 Å². The van der Waals surface area contributed by atoms with E-state index in [1.54, 1.807) is 11.9 Å². The Balaban J connectivity index is 1.85. The molecule has 1 aromatic heterocycles. The van der Waals surface area contributed by atoms with Gasteiger partial charge in [-0.2, -0.15) is 0 Å². The SMILES string of the molecule is CCSNCc1c(-c2ccccc2)nc2ccccc2c1C(=O)N[C@@H](CC)c1ccccc1. The molecule has 0 unspecified atom stereocenters. The summed E-state index contributed by atoms with van der Waals surface area (Å²) in [7, 11) is 0. The Kier molecular flexibility index (Phi) is 7.76. The summed E-state index contributed by atoms with van der Waals surface area (Å²) < 4.78 is 3.42. The Morgan fingerprint density at radius 3 is 2.27 bits per heavy atom. The van der Waals surface area contributed by atoms with E-state index in [-0.39, 0.29) is 11.9 Å². The minimum absolute atomic E-state index is 0.0587. The Labute approximate surface area is 200 Å². The van der Waals surface area contributed by atoms with E-state index in [1.807, 2.05) is 72.8 Å². The molecule has 5 heteroatoms. The maximum absolute atomic E-state index is 13.9. The van der Waals surface area contributed by atoms with Gasteiger partial charge in [0.25, 0.3) is 5.91 Å². The van der Waals surface area contributed by atoms with Crippen LogP contribution >= 0.6 is 11.9 Å². The Bertz CT molecular complexity index is 1210. The van der Waals surface area contributed by atoms with Gasteiger partial charge in [-0.1, -0.05) is 105 Å². The Morgan fingerprint density at radius 2 is 1.58 bits per heavy atom. The summed E-state index contributed by atoms with van der Waals surface area (Å²) in [4.78, 5) is 18.9. The summed E-state index contributed by atoms with van der Waals surface area (Å²) in [5, 5.41) is 4.17. The molecule has 1 heterocycles. The quantitative estimate of drug-likeness (QED) is 0.222. The number of rotatable bonds is 9. The predicted molar refractivity (Wildman–Crippen MR) is 139 cm³/mol. The standard InChI is InChI=1S/C28H29N3OS/c1-3-24(20-13-7-5-8-14-20)31-28(32)26-22-17-11-12-18-25(22)30-27(21-15-9-6-10-16-21)23(26)19-29-33-4-2/h5-18,24,29H,3-4,19H2,1-2H3,(H,31,32)/t24-/m0/s1. The smallest absolute Gasteiger partial charge is 0.252 e. The lowest BCUT2D eigenvalue weighted by atomic mass is 9.95. The van der Waals surface area contributed by atoms with Gasteiger partial charge in [0.05, 0.1) is 22.8 Å². The zero-order valence-electron chi connectivity index (χ0n) is 19.0. The molecule has 0 saturated carbocycles. The number of hydrogen-bond acceptors (Lipinski definition) is 4. The van der Waals surface area contributed by atoms with Crippen LogP contribution in [0.4, 0.5) is 0 Å². The molecule has 0 bridgehead atoms. The molecule has 0 aliphatic carbocycles. The summed E-state index contributed by atoms with van der Waals surface area (Å²) in [5.41, 5.74) is 5.39. The number of fused-ring (bicyclic) bond motifs is 1. The first-order valence-corrected chi connectivity index (χ1v) is 12.4. The fourth-order valence-corrected chi connectivity index (χ4v) is 4.53. The van der Waals surface area contributed by atoms with Crippen LogP contribution in [-0.2, 0) is 6.54 Å². The second-order valence-corrected chi connectivity index (χ2v) is 8.95. The third-order valence-corrected chi connectivity index (χ3v) is 6.32. The van der Waals surface area contributed by atoms with Gasteiger partial charge in [0.1, 0.15) is 0 Å². The molecule has 3 aromatic carbocycles. The van der Waals surface area contributed by atoms with Crippen molar-refractivity contribution in [3.63, 3.8) is 0 Å². The van der Waals surface area contributed by atoms with E-state index in [0.717, 1.165) is 45.5 Å². The molecule has 168 valence electrons. The van der Waals surface area contributed by atoms with Crippen LogP contribution in [0.2, 0.25) is 0 Å². The Morgan fingerprint density at radius 1 is 0.909 bits per heavy atom. The van der Waals surface area contributed by atoms with Crippen LogP contribution in [0.15, 0.2) is 84.9 Å². The highest BCUT2D eigenvalue weighted by molar-refractivity contribution is 7.97. The fraction of sp³-hybridized carbons (Fsp3) is 0.214. The Hall–Kier alpha value is -3.15. The number of aromatic nitrogens is 1. The number of nitrogens with zero attached hydrogens (tertiary/aromatic N) is 1. The maximum Gasteiger partial charge on any atom is 0.252 e. The molecule has 0 fully saturated rings. The van der Waals surface area contributed by atoms with Crippen molar-refractivity contribution in [3.8, 4) is 11.3 Å². The van der Waals surface area contributed by atoms with Crippen LogP contribution in [0.5, 0.6) is 0 Å². The van der Waals surface area contributed by atoms with E-state index in [1.165, 1.54) is 0 Å². The number of hydrogen-bond donors (Lipinski definition) is 2. The monoisotopic (exact) mass is 455 g/mol. The van der Waals surface area contributed by atoms with Crippen LogP contribution in [-0.4, -0.2) is 16.6 Å². The highest BCUT2D eigenvalue weighted by Gasteiger charge is 2.23. The van der Waals surface area contributed by atoms with E-state index in [2.05, 4.69) is 36.0 Å². The molecule has 0 radical (unpaired) electrons. The van der Waals surface area contributed by atoms with Gasteiger partial charge >= 0.3 is 0 Å². The maximum atomic E-state index is 13.9. The predicted octanol–water partition coefficient (Wildman–Crippen LogP) is 6.54. The van der Waals surface area contributed by atoms with Crippen molar-refractivity contribution >= 4 is 28.8 Å². The number of carbonyl (C=O) groups is 1. The highest BCUT2D eigenvalue weighted by Crippen LogP contribution is 2.31. The molecule has 1 amide bonds. The van der Waals surface area contributed by atoms with Crippen molar-refractivity contribution in [1.29, 1.82) is 0 Å². The van der Waals surface area contributed by atoms with E-state index < -0.39 is 0 Å². The molecule has 1 atom stereocenters. The summed E-state index contributed by atoms with van der Waals surface area (Å²) in [6.45, 7) is 4.75. The van der Waals surface area contributed by atoms with E-state index in [4.69, 9.17) is 4.98 Å². The third kappa shape index (κ3) is 5.27. The summed E-state index contributed by atoms with van der Waals surface area (Å²) in [5.74, 6) is 0.870. The molecule has 4 rings (SSSR count). The van der Waals surface area contributed by atoms with Gasteiger partial charge in [0.2, 0.25) is 0 Å². The number of carbonyl (C=O) groups excluding carboxylic acids is 1. The summed E-state index contributed by atoms with van der Waals surface area (Å²) in [6.07, 6.45) is 0.809. The second kappa shape index (κ2) is 11.1. The number of amides is 1. The van der Waals surface area contributed by atoms with Gasteiger partial charge in [0.15, 0.2) is 0 Å². The van der Waals surface area contributed by atoms with Crippen molar-refractivity contribution in [3.05, 3.63) is 102 Å². The van der Waals surface area contributed by atoms with Crippen molar-refractivity contribution in [2.45, 2.75) is 32.9 Å². The number of benzene rings is 3. The molecule has 4 aromatic rings. The lowest BCUT2D eigenvalue weighted by Crippen LogP contribution is -2.30. The highest BCUT2D eigenvalue weighted by atomic mass is 32.2. The van der Waals surface area contributed by atoms with Crippen LogP contribution in [0, 0.1) is 0 Å². The second-order valence-electron chi connectivity index (χ2n) is 7.80. The zero-order valence-corrected chi connectivity index (χ0v) is 19.9. The number of para-hydroxylation sites is 1. The van der Waals surface area contributed by atoms with Crippen LogP contribution in [0.1, 0.15) is 47.8 Å². The zero-order chi connectivity index (χ0) is 23.0. The first-order valence-electron chi connectivity index (χ1n) is 11.4. The van der Waals surface area contributed by atoms with E-state index >= 15 is 0 Å². The molecule has 0 aliphatic rings. The van der Waals surface area contributed by atoms with Gasteiger partial charge in [-0.05, 0) is 18.1 Å². The molecular formula is C28H29N3OS. The summed E-state index contributed by atoms with van der Waals surface area (Å²) in [6, 6.07) is 28.1. The normalized spacial score (nSPS) is 11.9. The van der Waals surface area contributed by atoms with Crippen LogP contribution in [0.25, 0.3) is 22.2 Å². The summed E-state index contributed by atoms with van der Waals surface area (Å²) >= 11 is 1.64. The van der Waals surface area contributed by atoms with Crippen LogP contribution in [0.3, 0.4) is 0 Å². The fourth-order valence-electron chi connectivity index (χ4n) is 4.08. The van der Waals surface area contributed by atoms with Gasteiger partial charge in [-0.25, -0.2) is 4.98 Å².